The van der Waals surface area contributed by atoms with Crippen molar-refractivity contribution in [2.24, 2.45) is 0 Å². The van der Waals surface area contributed by atoms with Gasteiger partial charge in [-0.3, -0.25) is 0 Å². The van der Waals surface area contributed by atoms with E-state index in [0.29, 0.717) is 25.0 Å². The van der Waals surface area contributed by atoms with Crippen LogP contribution in [0.25, 0.3) is 0 Å². The number of piperidine rings is 1. The van der Waals surface area contributed by atoms with Gasteiger partial charge in [-0.2, -0.15) is 10.1 Å². The summed E-state index contributed by atoms with van der Waals surface area (Å²) in [5.41, 5.74) is 2.32. The number of rotatable bonds is 3. The molecule has 2 aliphatic rings. The lowest BCUT2D eigenvalue weighted by molar-refractivity contribution is -0.169. The van der Waals surface area contributed by atoms with E-state index in [1.165, 1.54) is 5.56 Å². The number of anilines is 3. The highest BCUT2D eigenvalue weighted by molar-refractivity contribution is 5.62. The molecule has 1 spiro atoms. The van der Waals surface area contributed by atoms with Crippen LogP contribution in [0.5, 0.6) is 0 Å². The molecule has 2 aromatic rings. The van der Waals surface area contributed by atoms with Crippen molar-refractivity contribution in [3.8, 4) is 0 Å². The second kappa shape index (κ2) is 7.05. The van der Waals surface area contributed by atoms with Crippen LogP contribution in [0.1, 0.15) is 39.2 Å². The van der Waals surface area contributed by atoms with E-state index >= 15 is 0 Å². The van der Waals surface area contributed by atoms with E-state index in [4.69, 9.17) is 9.47 Å². The molecule has 0 aliphatic carbocycles. The summed E-state index contributed by atoms with van der Waals surface area (Å²) in [5, 5.41) is 11.8. The van der Waals surface area contributed by atoms with Crippen molar-refractivity contribution in [3.63, 3.8) is 0 Å². The normalized spacial score (nSPS) is 19.4. The summed E-state index contributed by atoms with van der Waals surface area (Å²) in [7, 11) is 0. The van der Waals surface area contributed by atoms with Crippen molar-refractivity contribution in [1.82, 2.24) is 15.2 Å². The lowest BCUT2D eigenvalue weighted by Gasteiger charge is -2.37. The maximum absolute atomic E-state index is 5.80. The number of nitrogens with one attached hydrogen (secondary N) is 1. The Morgan fingerprint density at radius 3 is 2.48 bits per heavy atom. The van der Waals surface area contributed by atoms with Gasteiger partial charge in [-0.15, -0.1) is 5.10 Å². The average molecular weight is 369 g/mol. The molecule has 0 unspecified atom stereocenters. The molecule has 0 saturated carbocycles. The molecule has 1 N–H and O–H groups in total. The van der Waals surface area contributed by atoms with Gasteiger partial charge < -0.3 is 19.7 Å². The quantitative estimate of drug-likeness (QED) is 0.890. The molecular formula is C20H27N5O2. The summed E-state index contributed by atoms with van der Waals surface area (Å²) >= 11 is 0. The van der Waals surface area contributed by atoms with Gasteiger partial charge in [0.1, 0.15) is 0 Å². The zero-order valence-corrected chi connectivity index (χ0v) is 16.2. The molecular weight excluding hydrogens is 342 g/mol. The van der Waals surface area contributed by atoms with Gasteiger partial charge in [0.2, 0.25) is 5.95 Å². The molecule has 0 bridgehead atoms. The first-order chi connectivity index (χ1) is 13.0. The monoisotopic (exact) mass is 369 g/mol. The first kappa shape index (κ1) is 18.1. The standard InChI is InChI=1S/C20H27N5O2/c1-19(2,3)15-6-4-5-7-16(15)22-17-14-21-24-18(23-17)25-10-8-20(9-11-25)26-12-13-27-20/h4-7,14H,8-13H2,1-3H3,(H,22,23,24). The fourth-order valence-corrected chi connectivity index (χ4v) is 3.71. The highest BCUT2D eigenvalue weighted by atomic mass is 16.7. The molecule has 7 heteroatoms. The van der Waals surface area contributed by atoms with Gasteiger partial charge >= 0.3 is 0 Å². The summed E-state index contributed by atoms with van der Waals surface area (Å²) in [5.74, 6) is 0.942. The summed E-state index contributed by atoms with van der Waals surface area (Å²) in [6.45, 7) is 9.57. The van der Waals surface area contributed by atoms with Crippen molar-refractivity contribution >= 4 is 17.5 Å². The van der Waals surface area contributed by atoms with Crippen LogP contribution in [-0.2, 0) is 14.9 Å². The number of nitrogens with zero attached hydrogens (tertiary/aromatic N) is 4. The van der Waals surface area contributed by atoms with E-state index in [1.807, 2.05) is 6.07 Å². The van der Waals surface area contributed by atoms with Crippen LogP contribution >= 0.6 is 0 Å². The van der Waals surface area contributed by atoms with Crippen LogP contribution < -0.4 is 10.2 Å². The van der Waals surface area contributed by atoms with E-state index in [1.54, 1.807) is 6.20 Å². The lowest BCUT2D eigenvalue weighted by atomic mass is 9.86. The van der Waals surface area contributed by atoms with Crippen LogP contribution in [0.2, 0.25) is 0 Å². The second-order valence-corrected chi connectivity index (χ2v) is 8.16. The van der Waals surface area contributed by atoms with E-state index in [0.717, 1.165) is 31.6 Å². The van der Waals surface area contributed by atoms with Gasteiger partial charge in [0.15, 0.2) is 11.6 Å². The minimum Gasteiger partial charge on any atom is -0.347 e. The topological polar surface area (TPSA) is 72.4 Å². The Hall–Kier alpha value is -2.25. The smallest absolute Gasteiger partial charge is 0.247 e. The van der Waals surface area contributed by atoms with Gasteiger partial charge in [-0.25, -0.2) is 0 Å². The fourth-order valence-electron chi connectivity index (χ4n) is 3.71. The minimum atomic E-state index is -0.397. The first-order valence-corrected chi connectivity index (χ1v) is 9.54. The third-order valence-electron chi connectivity index (χ3n) is 5.17. The third kappa shape index (κ3) is 3.89. The Kier molecular flexibility index (Phi) is 4.74. The van der Waals surface area contributed by atoms with E-state index < -0.39 is 5.79 Å². The predicted molar refractivity (Wildman–Crippen MR) is 104 cm³/mol. The average Bonchev–Trinajstić information content (AvgIpc) is 3.10. The van der Waals surface area contributed by atoms with Crippen molar-refractivity contribution in [2.45, 2.75) is 44.8 Å². The molecule has 27 heavy (non-hydrogen) atoms. The van der Waals surface area contributed by atoms with Crippen LogP contribution in [0.3, 0.4) is 0 Å². The van der Waals surface area contributed by atoms with Crippen molar-refractivity contribution in [1.29, 1.82) is 0 Å². The third-order valence-corrected chi connectivity index (χ3v) is 5.17. The number of hydrogen-bond donors (Lipinski definition) is 1. The maximum Gasteiger partial charge on any atom is 0.247 e. The van der Waals surface area contributed by atoms with Gasteiger partial charge in [-0.1, -0.05) is 39.0 Å². The zero-order valence-electron chi connectivity index (χ0n) is 16.2. The molecule has 7 nitrogen and oxygen atoms in total. The summed E-state index contributed by atoms with van der Waals surface area (Å²) in [4.78, 5) is 6.83. The Morgan fingerprint density at radius 2 is 1.78 bits per heavy atom. The molecule has 1 aromatic carbocycles. The van der Waals surface area contributed by atoms with Gasteiger partial charge in [-0.05, 0) is 17.0 Å². The number of para-hydroxylation sites is 1. The first-order valence-electron chi connectivity index (χ1n) is 9.54. The molecule has 144 valence electrons. The van der Waals surface area contributed by atoms with Crippen LogP contribution in [0, 0.1) is 0 Å². The number of benzene rings is 1. The van der Waals surface area contributed by atoms with Crippen molar-refractivity contribution in [2.75, 3.05) is 36.5 Å². The SMILES string of the molecule is CC(C)(C)c1ccccc1Nc1cnnc(N2CCC3(CC2)OCCO3)n1. The summed E-state index contributed by atoms with van der Waals surface area (Å²) in [6.07, 6.45) is 3.30. The molecule has 1 aromatic heterocycles. The largest absolute Gasteiger partial charge is 0.347 e. The minimum absolute atomic E-state index is 0.0371. The predicted octanol–water partition coefficient (Wildman–Crippen LogP) is 3.26. The lowest BCUT2D eigenvalue weighted by Crippen LogP contribution is -2.45. The Bertz CT molecular complexity index is 789. The maximum atomic E-state index is 5.80. The molecule has 2 saturated heterocycles. The van der Waals surface area contributed by atoms with Crippen molar-refractivity contribution in [3.05, 3.63) is 36.0 Å². The molecule has 0 amide bonds. The Morgan fingerprint density at radius 1 is 1.07 bits per heavy atom. The molecule has 3 heterocycles. The van der Waals surface area contributed by atoms with Gasteiger partial charge in [0, 0.05) is 31.6 Å². The number of aromatic nitrogens is 3. The van der Waals surface area contributed by atoms with E-state index in [2.05, 4.69) is 64.4 Å². The van der Waals surface area contributed by atoms with Crippen molar-refractivity contribution < 1.29 is 9.47 Å². The highest BCUT2D eigenvalue weighted by Gasteiger charge is 2.40. The van der Waals surface area contributed by atoms with E-state index in [-0.39, 0.29) is 5.41 Å². The Labute approximate surface area is 160 Å². The number of ether oxygens (including phenoxy) is 2. The van der Waals surface area contributed by atoms with Gasteiger partial charge in [0.05, 0.1) is 19.4 Å². The van der Waals surface area contributed by atoms with Crippen LogP contribution in [-0.4, -0.2) is 47.3 Å². The molecule has 2 aliphatic heterocycles. The van der Waals surface area contributed by atoms with Crippen LogP contribution in [0.15, 0.2) is 30.5 Å². The highest BCUT2D eigenvalue weighted by Crippen LogP contribution is 2.33. The van der Waals surface area contributed by atoms with E-state index in [9.17, 15) is 0 Å². The Balaban J connectivity index is 1.49. The second-order valence-electron chi connectivity index (χ2n) is 8.16. The molecule has 4 rings (SSSR count). The fraction of sp³-hybridized carbons (Fsp3) is 0.550. The number of hydrogen-bond acceptors (Lipinski definition) is 7. The summed E-state index contributed by atoms with van der Waals surface area (Å²) in [6, 6.07) is 8.30. The molecule has 0 atom stereocenters. The molecule has 0 radical (unpaired) electrons. The summed E-state index contributed by atoms with van der Waals surface area (Å²) < 4.78 is 11.6. The van der Waals surface area contributed by atoms with Gasteiger partial charge in [0.25, 0.3) is 0 Å². The van der Waals surface area contributed by atoms with Crippen LogP contribution in [0.4, 0.5) is 17.5 Å². The zero-order chi connectivity index (χ0) is 18.9. The molecule has 2 fully saturated rings.